The van der Waals surface area contributed by atoms with Gasteiger partial charge in [-0.25, -0.2) is 12.7 Å². The first kappa shape index (κ1) is 11.9. The van der Waals surface area contributed by atoms with Crippen molar-refractivity contribution < 1.29 is 8.42 Å². The van der Waals surface area contributed by atoms with Crippen LogP contribution in [0, 0.1) is 11.8 Å². The third kappa shape index (κ3) is 2.10. The molecule has 0 amide bonds. The summed E-state index contributed by atoms with van der Waals surface area (Å²) in [7, 11) is -3.02. The summed E-state index contributed by atoms with van der Waals surface area (Å²) in [5.41, 5.74) is 2.65. The highest BCUT2D eigenvalue weighted by Gasteiger charge is 2.39. The van der Waals surface area contributed by atoms with Crippen LogP contribution in [0.25, 0.3) is 5.57 Å². The Morgan fingerprint density at radius 3 is 2.50 bits per heavy atom. The van der Waals surface area contributed by atoms with E-state index in [9.17, 15) is 8.42 Å². The molecular formula is C14H17NO2S. The number of hydrogen-bond acceptors (Lipinski definition) is 2. The maximum atomic E-state index is 11.5. The number of hydrogen-bond donors (Lipinski definition) is 0. The lowest BCUT2D eigenvalue weighted by Crippen LogP contribution is -2.28. The lowest BCUT2D eigenvalue weighted by Gasteiger charge is -2.13. The third-order valence-corrected chi connectivity index (χ3v) is 5.21. The highest BCUT2D eigenvalue weighted by Crippen LogP contribution is 2.41. The standard InChI is InChI=1S/C14H17NO2S/c1-18(16,17)15-9-13-7-12(8-14(13)10-15)11-5-3-2-4-6-11/h2-7,13-14H,8-10H2,1H3. The summed E-state index contributed by atoms with van der Waals surface area (Å²) in [4.78, 5) is 0. The average Bonchev–Trinajstić information content (AvgIpc) is 2.86. The van der Waals surface area contributed by atoms with Gasteiger partial charge in [0.05, 0.1) is 6.26 Å². The predicted octanol–water partition coefficient (Wildman–Crippen LogP) is 1.98. The van der Waals surface area contributed by atoms with Crippen molar-refractivity contribution in [1.82, 2.24) is 4.31 Å². The van der Waals surface area contributed by atoms with Gasteiger partial charge in [0.2, 0.25) is 10.0 Å². The number of nitrogens with zero attached hydrogens (tertiary/aromatic N) is 1. The molecule has 2 unspecified atom stereocenters. The molecular weight excluding hydrogens is 246 g/mol. The molecule has 96 valence electrons. The van der Waals surface area contributed by atoms with Crippen molar-refractivity contribution in [3.63, 3.8) is 0 Å². The molecule has 1 aromatic rings. The zero-order valence-electron chi connectivity index (χ0n) is 10.4. The highest BCUT2D eigenvalue weighted by atomic mass is 32.2. The van der Waals surface area contributed by atoms with Crippen molar-refractivity contribution in [2.75, 3.05) is 19.3 Å². The minimum Gasteiger partial charge on any atom is -0.213 e. The van der Waals surface area contributed by atoms with Crippen LogP contribution in [0.2, 0.25) is 0 Å². The molecule has 0 bridgehead atoms. The van der Waals surface area contributed by atoms with Crippen LogP contribution in [-0.2, 0) is 10.0 Å². The molecule has 1 fully saturated rings. The summed E-state index contributed by atoms with van der Waals surface area (Å²) in [5, 5.41) is 0. The Labute approximate surface area is 108 Å². The molecule has 1 aliphatic heterocycles. The van der Waals surface area contributed by atoms with Gasteiger partial charge in [0.1, 0.15) is 0 Å². The van der Waals surface area contributed by atoms with Crippen molar-refractivity contribution in [2.24, 2.45) is 11.8 Å². The minimum absolute atomic E-state index is 0.398. The first-order valence-electron chi connectivity index (χ1n) is 6.25. The molecule has 1 aliphatic carbocycles. The molecule has 3 rings (SSSR count). The second-order valence-electron chi connectivity index (χ2n) is 5.27. The van der Waals surface area contributed by atoms with Crippen LogP contribution in [0.15, 0.2) is 36.4 Å². The fourth-order valence-corrected chi connectivity index (χ4v) is 3.91. The van der Waals surface area contributed by atoms with E-state index in [1.807, 2.05) is 18.2 Å². The van der Waals surface area contributed by atoms with Crippen LogP contribution < -0.4 is 0 Å². The van der Waals surface area contributed by atoms with Gasteiger partial charge in [0.15, 0.2) is 0 Å². The van der Waals surface area contributed by atoms with Gasteiger partial charge in [-0.05, 0) is 29.4 Å². The van der Waals surface area contributed by atoms with E-state index in [0.29, 0.717) is 24.9 Å². The SMILES string of the molecule is CS(=O)(=O)N1CC2C=C(c3ccccc3)CC2C1. The minimum atomic E-state index is -3.02. The lowest BCUT2D eigenvalue weighted by molar-refractivity contribution is 0.464. The van der Waals surface area contributed by atoms with Gasteiger partial charge in [0, 0.05) is 13.1 Å². The van der Waals surface area contributed by atoms with E-state index in [4.69, 9.17) is 0 Å². The molecule has 1 saturated heterocycles. The van der Waals surface area contributed by atoms with Crippen molar-refractivity contribution >= 4 is 15.6 Å². The van der Waals surface area contributed by atoms with Crippen molar-refractivity contribution in [3.05, 3.63) is 42.0 Å². The predicted molar refractivity (Wildman–Crippen MR) is 72.4 cm³/mol. The maximum Gasteiger partial charge on any atom is 0.211 e. The normalized spacial score (nSPS) is 28.2. The van der Waals surface area contributed by atoms with Gasteiger partial charge in [0.25, 0.3) is 0 Å². The topological polar surface area (TPSA) is 37.4 Å². The van der Waals surface area contributed by atoms with Gasteiger partial charge >= 0.3 is 0 Å². The Kier molecular flexibility index (Phi) is 2.79. The van der Waals surface area contributed by atoms with Gasteiger partial charge in [-0.3, -0.25) is 0 Å². The second-order valence-corrected chi connectivity index (χ2v) is 7.25. The first-order valence-corrected chi connectivity index (χ1v) is 8.10. The van der Waals surface area contributed by atoms with E-state index in [0.717, 1.165) is 6.42 Å². The van der Waals surface area contributed by atoms with Gasteiger partial charge in [-0.15, -0.1) is 0 Å². The number of fused-ring (bicyclic) bond motifs is 1. The first-order chi connectivity index (χ1) is 8.54. The summed E-state index contributed by atoms with van der Waals surface area (Å²) in [5.74, 6) is 0.866. The van der Waals surface area contributed by atoms with Crippen molar-refractivity contribution in [3.8, 4) is 0 Å². The Morgan fingerprint density at radius 2 is 1.89 bits per heavy atom. The van der Waals surface area contributed by atoms with Crippen LogP contribution in [-0.4, -0.2) is 32.1 Å². The van der Waals surface area contributed by atoms with Gasteiger partial charge in [-0.1, -0.05) is 36.4 Å². The molecule has 0 N–H and O–H groups in total. The van der Waals surface area contributed by atoms with Crippen molar-refractivity contribution in [2.45, 2.75) is 6.42 Å². The van der Waals surface area contributed by atoms with E-state index in [-0.39, 0.29) is 0 Å². The quantitative estimate of drug-likeness (QED) is 0.818. The molecule has 1 heterocycles. The largest absolute Gasteiger partial charge is 0.213 e. The Hall–Kier alpha value is -1.13. The van der Waals surface area contributed by atoms with Crippen LogP contribution in [0.4, 0.5) is 0 Å². The van der Waals surface area contributed by atoms with E-state index >= 15 is 0 Å². The molecule has 18 heavy (non-hydrogen) atoms. The van der Waals surface area contributed by atoms with Crippen molar-refractivity contribution in [1.29, 1.82) is 0 Å². The number of benzene rings is 1. The highest BCUT2D eigenvalue weighted by molar-refractivity contribution is 7.88. The molecule has 2 atom stereocenters. The second kappa shape index (κ2) is 4.21. The lowest BCUT2D eigenvalue weighted by atomic mass is 9.98. The molecule has 0 saturated carbocycles. The number of rotatable bonds is 2. The summed E-state index contributed by atoms with van der Waals surface area (Å²) < 4.78 is 24.7. The maximum absolute atomic E-state index is 11.5. The van der Waals surface area contributed by atoms with Crippen LogP contribution in [0.3, 0.4) is 0 Å². The zero-order valence-corrected chi connectivity index (χ0v) is 11.2. The Morgan fingerprint density at radius 1 is 1.17 bits per heavy atom. The number of allylic oxidation sites excluding steroid dienone is 1. The molecule has 4 heteroatoms. The molecule has 2 aliphatic rings. The third-order valence-electron chi connectivity index (χ3n) is 3.97. The van der Waals surface area contributed by atoms with Gasteiger partial charge in [-0.2, -0.15) is 0 Å². The summed E-state index contributed by atoms with van der Waals surface area (Å²) >= 11 is 0. The fourth-order valence-electron chi connectivity index (χ4n) is 3.01. The summed E-state index contributed by atoms with van der Waals surface area (Å²) in [6.07, 6.45) is 4.57. The fraction of sp³-hybridized carbons (Fsp3) is 0.429. The van der Waals surface area contributed by atoms with E-state index in [2.05, 4.69) is 18.2 Å². The Bertz CT molecular complexity index is 577. The summed E-state index contributed by atoms with van der Waals surface area (Å²) in [6, 6.07) is 10.4. The Balaban J connectivity index is 1.80. The zero-order chi connectivity index (χ0) is 12.8. The summed E-state index contributed by atoms with van der Waals surface area (Å²) in [6.45, 7) is 1.33. The molecule has 1 aromatic carbocycles. The molecule has 0 aromatic heterocycles. The van der Waals surface area contributed by atoms with Crippen LogP contribution >= 0.6 is 0 Å². The van der Waals surface area contributed by atoms with E-state index < -0.39 is 10.0 Å². The van der Waals surface area contributed by atoms with E-state index in [1.165, 1.54) is 17.4 Å². The van der Waals surface area contributed by atoms with Crippen LogP contribution in [0.5, 0.6) is 0 Å². The molecule has 0 spiro atoms. The molecule has 0 radical (unpaired) electrons. The van der Waals surface area contributed by atoms with E-state index in [1.54, 1.807) is 4.31 Å². The monoisotopic (exact) mass is 263 g/mol. The average molecular weight is 263 g/mol. The molecule has 3 nitrogen and oxygen atoms in total. The smallest absolute Gasteiger partial charge is 0.211 e. The number of sulfonamides is 1. The van der Waals surface area contributed by atoms with Gasteiger partial charge < -0.3 is 0 Å². The van der Waals surface area contributed by atoms with Crippen LogP contribution in [0.1, 0.15) is 12.0 Å².